The SMILES string of the molecule is CCc1n[nH]c2c1CN(C(=O)c1nccnc1C(=O)N1CCCCC1)CC2. The average molecular weight is 368 g/mol. The van der Waals surface area contributed by atoms with E-state index in [1.807, 2.05) is 0 Å². The van der Waals surface area contributed by atoms with Gasteiger partial charge < -0.3 is 9.80 Å². The third kappa shape index (κ3) is 3.31. The zero-order chi connectivity index (χ0) is 18.8. The molecule has 142 valence electrons. The lowest BCUT2D eigenvalue weighted by molar-refractivity contribution is 0.0679. The lowest BCUT2D eigenvalue weighted by atomic mass is 10.0. The Kier molecular flexibility index (Phi) is 4.87. The molecular weight excluding hydrogens is 344 g/mol. The van der Waals surface area contributed by atoms with E-state index in [9.17, 15) is 9.59 Å². The van der Waals surface area contributed by atoms with E-state index in [-0.39, 0.29) is 23.2 Å². The number of H-pyrrole nitrogens is 1. The molecule has 2 aromatic heterocycles. The van der Waals surface area contributed by atoms with E-state index in [4.69, 9.17) is 0 Å². The molecule has 4 heterocycles. The fourth-order valence-corrected chi connectivity index (χ4v) is 3.87. The topological polar surface area (TPSA) is 95.1 Å². The molecule has 0 saturated carbocycles. The highest BCUT2D eigenvalue weighted by Gasteiger charge is 2.31. The first-order valence-electron chi connectivity index (χ1n) is 9.63. The molecule has 2 amide bonds. The van der Waals surface area contributed by atoms with E-state index < -0.39 is 0 Å². The summed E-state index contributed by atoms with van der Waals surface area (Å²) in [6.07, 6.45) is 7.62. The first-order chi connectivity index (χ1) is 13.2. The van der Waals surface area contributed by atoms with Crippen molar-refractivity contribution in [1.82, 2.24) is 30.0 Å². The predicted octanol–water partition coefficient (Wildman–Crippen LogP) is 1.59. The highest BCUT2D eigenvalue weighted by atomic mass is 16.2. The molecule has 0 bridgehead atoms. The number of fused-ring (bicyclic) bond motifs is 1. The second kappa shape index (κ2) is 7.46. The number of likely N-dealkylation sites (tertiary alicyclic amines) is 1. The maximum Gasteiger partial charge on any atom is 0.275 e. The first kappa shape index (κ1) is 17.6. The molecule has 8 nitrogen and oxygen atoms in total. The Labute approximate surface area is 158 Å². The molecule has 1 saturated heterocycles. The minimum Gasteiger partial charge on any atom is -0.337 e. The van der Waals surface area contributed by atoms with E-state index in [2.05, 4.69) is 27.1 Å². The van der Waals surface area contributed by atoms with Crippen LogP contribution in [0.15, 0.2) is 12.4 Å². The van der Waals surface area contributed by atoms with Crippen molar-refractivity contribution in [2.45, 2.75) is 45.6 Å². The molecule has 0 aliphatic carbocycles. The molecule has 1 fully saturated rings. The molecule has 1 N–H and O–H groups in total. The second-order valence-electron chi connectivity index (χ2n) is 7.06. The summed E-state index contributed by atoms with van der Waals surface area (Å²) in [5, 5.41) is 7.41. The van der Waals surface area contributed by atoms with Crippen molar-refractivity contribution in [3.8, 4) is 0 Å². The standard InChI is InChI=1S/C19H24N6O2/c1-2-14-13-12-25(11-6-15(13)23-22-14)19(27)17-16(20-7-8-21-17)18(26)24-9-4-3-5-10-24/h7-8H,2-6,9-12H2,1H3,(H,22,23). The number of hydrogen-bond donors (Lipinski definition) is 1. The summed E-state index contributed by atoms with van der Waals surface area (Å²) in [5.41, 5.74) is 3.49. The minimum atomic E-state index is -0.239. The van der Waals surface area contributed by atoms with Gasteiger partial charge in [-0.2, -0.15) is 5.10 Å². The number of nitrogens with zero attached hydrogens (tertiary/aromatic N) is 5. The smallest absolute Gasteiger partial charge is 0.275 e. The zero-order valence-electron chi connectivity index (χ0n) is 15.6. The Morgan fingerprint density at radius 3 is 2.33 bits per heavy atom. The molecule has 27 heavy (non-hydrogen) atoms. The van der Waals surface area contributed by atoms with Crippen molar-refractivity contribution >= 4 is 11.8 Å². The minimum absolute atomic E-state index is 0.151. The van der Waals surface area contributed by atoms with Crippen LogP contribution in [0.4, 0.5) is 0 Å². The maximum atomic E-state index is 13.2. The summed E-state index contributed by atoms with van der Waals surface area (Å²) in [7, 11) is 0. The van der Waals surface area contributed by atoms with Gasteiger partial charge in [-0.1, -0.05) is 6.92 Å². The predicted molar refractivity (Wildman–Crippen MR) is 98.2 cm³/mol. The molecule has 2 aliphatic rings. The summed E-state index contributed by atoms with van der Waals surface area (Å²) in [6, 6.07) is 0. The Balaban J connectivity index is 1.58. The van der Waals surface area contributed by atoms with Gasteiger partial charge in [0.25, 0.3) is 11.8 Å². The Hall–Kier alpha value is -2.77. The zero-order valence-corrected chi connectivity index (χ0v) is 15.6. The van der Waals surface area contributed by atoms with Crippen molar-refractivity contribution in [3.05, 3.63) is 40.7 Å². The van der Waals surface area contributed by atoms with Crippen LogP contribution in [0.1, 0.15) is 64.1 Å². The maximum absolute atomic E-state index is 13.2. The molecule has 8 heteroatoms. The number of hydrogen-bond acceptors (Lipinski definition) is 5. The third-order valence-corrected chi connectivity index (χ3v) is 5.39. The van der Waals surface area contributed by atoms with Gasteiger partial charge in [0.05, 0.1) is 5.69 Å². The molecule has 0 aromatic carbocycles. The number of aromatic amines is 1. The summed E-state index contributed by atoms with van der Waals surface area (Å²) >= 11 is 0. The van der Waals surface area contributed by atoms with Crippen LogP contribution >= 0.6 is 0 Å². The van der Waals surface area contributed by atoms with Crippen molar-refractivity contribution in [2.24, 2.45) is 0 Å². The average Bonchev–Trinajstić information content (AvgIpc) is 3.15. The highest BCUT2D eigenvalue weighted by molar-refractivity contribution is 6.04. The van der Waals surface area contributed by atoms with E-state index >= 15 is 0 Å². The van der Waals surface area contributed by atoms with Gasteiger partial charge in [0.15, 0.2) is 11.4 Å². The largest absolute Gasteiger partial charge is 0.337 e. The Bertz CT molecular complexity index is 842. The normalized spacial score (nSPS) is 16.9. The molecule has 4 rings (SSSR count). The number of amides is 2. The van der Waals surface area contributed by atoms with Crippen LogP contribution in [0.3, 0.4) is 0 Å². The van der Waals surface area contributed by atoms with E-state index in [0.717, 1.165) is 49.1 Å². The van der Waals surface area contributed by atoms with Crippen LogP contribution in [0.5, 0.6) is 0 Å². The van der Waals surface area contributed by atoms with Crippen LogP contribution in [-0.4, -0.2) is 61.4 Å². The van der Waals surface area contributed by atoms with Gasteiger partial charge in [-0.25, -0.2) is 9.97 Å². The first-order valence-corrected chi connectivity index (χ1v) is 9.63. The fraction of sp³-hybridized carbons (Fsp3) is 0.526. The molecule has 2 aromatic rings. The Morgan fingerprint density at radius 1 is 1.00 bits per heavy atom. The number of aryl methyl sites for hydroxylation is 1. The van der Waals surface area contributed by atoms with Gasteiger partial charge in [0.2, 0.25) is 0 Å². The van der Waals surface area contributed by atoms with Gasteiger partial charge in [0, 0.05) is 56.3 Å². The molecule has 0 atom stereocenters. The van der Waals surface area contributed by atoms with E-state index in [1.54, 1.807) is 9.80 Å². The van der Waals surface area contributed by atoms with Crippen LogP contribution in [-0.2, 0) is 19.4 Å². The number of aromatic nitrogens is 4. The van der Waals surface area contributed by atoms with Gasteiger partial charge in [0.1, 0.15) is 0 Å². The molecular formula is C19H24N6O2. The van der Waals surface area contributed by atoms with Gasteiger partial charge in [-0.05, 0) is 25.7 Å². The van der Waals surface area contributed by atoms with Crippen molar-refractivity contribution < 1.29 is 9.59 Å². The molecule has 2 aliphatic heterocycles. The van der Waals surface area contributed by atoms with Gasteiger partial charge in [-0.3, -0.25) is 14.7 Å². The number of carbonyl (C=O) groups is 2. The van der Waals surface area contributed by atoms with E-state index in [1.165, 1.54) is 12.4 Å². The van der Waals surface area contributed by atoms with E-state index in [0.29, 0.717) is 26.2 Å². The lowest BCUT2D eigenvalue weighted by Crippen LogP contribution is -2.40. The van der Waals surface area contributed by atoms with Crippen molar-refractivity contribution in [3.63, 3.8) is 0 Å². The monoisotopic (exact) mass is 368 g/mol. The van der Waals surface area contributed by atoms with Crippen molar-refractivity contribution in [2.75, 3.05) is 19.6 Å². The number of nitrogens with one attached hydrogen (secondary N) is 1. The molecule has 0 radical (unpaired) electrons. The third-order valence-electron chi connectivity index (χ3n) is 5.39. The highest BCUT2D eigenvalue weighted by Crippen LogP contribution is 2.23. The summed E-state index contributed by atoms with van der Waals surface area (Å²) in [4.78, 5) is 38.0. The summed E-state index contributed by atoms with van der Waals surface area (Å²) in [6.45, 7) is 4.54. The quantitative estimate of drug-likeness (QED) is 0.888. The van der Waals surface area contributed by atoms with Gasteiger partial charge >= 0.3 is 0 Å². The number of rotatable bonds is 3. The molecule has 0 unspecified atom stereocenters. The Morgan fingerprint density at radius 2 is 1.67 bits per heavy atom. The summed E-state index contributed by atoms with van der Waals surface area (Å²) in [5.74, 6) is -0.432. The van der Waals surface area contributed by atoms with Gasteiger partial charge in [-0.15, -0.1) is 0 Å². The van der Waals surface area contributed by atoms with Crippen LogP contribution in [0.25, 0.3) is 0 Å². The van der Waals surface area contributed by atoms with Crippen LogP contribution < -0.4 is 0 Å². The number of piperidine rings is 1. The second-order valence-corrected chi connectivity index (χ2v) is 7.06. The molecule has 0 spiro atoms. The fourth-order valence-electron chi connectivity index (χ4n) is 3.87. The van der Waals surface area contributed by atoms with Crippen LogP contribution in [0.2, 0.25) is 0 Å². The van der Waals surface area contributed by atoms with Crippen molar-refractivity contribution in [1.29, 1.82) is 0 Å². The lowest BCUT2D eigenvalue weighted by Gasteiger charge is -2.29. The number of carbonyl (C=O) groups excluding carboxylic acids is 2. The summed E-state index contributed by atoms with van der Waals surface area (Å²) < 4.78 is 0. The van der Waals surface area contributed by atoms with Crippen LogP contribution in [0, 0.1) is 0 Å².